The Kier molecular flexibility index (Phi) is 5.61. The van der Waals surface area contributed by atoms with E-state index in [0.717, 1.165) is 5.56 Å². The topological polar surface area (TPSA) is 40.6 Å². The summed E-state index contributed by atoms with van der Waals surface area (Å²) >= 11 is 0. The molecule has 0 radical (unpaired) electrons. The van der Waals surface area contributed by atoms with Crippen LogP contribution in [0.1, 0.15) is 22.3 Å². The van der Waals surface area contributed by atoms with Crippen LogP contribution in [0.3, 0.4) is 0 Å². The molecule has 0 unspecified atom stereocenters. The number of aryl methyl sites for hydroxylation is 1. The molecule has 6 heteroatoms. The zero-order valence-electron chi connectivity index (χ0n) is 14.3. The Morgan fingerprint density at radius 3 is 2.27 bits per heavy atom. The zero-order chi connectivity index (χ0) is 18.5. The first-order valence-electron chi connectivity index (χ1n) is 8.60. The number of carbonyl (C=O) groups is 2. The molecule has 0 atom stereocenters. The second-order valence-corrected chi connectivity index (χ2v) is 6.28. The number of halogens is 2. The largest absolute Gasteiger partial charge is 0.339 e. The number of piperazine rings is 1. The number of hydrogen-bond donors (Lipinski definition) is 0. The minimum absolute atomic E-state index is 0.0211. The van der Waals surface area contributed by atoms with E-state index in [2.05, 4.69) is 0 Å². The van der Waals surface area contributed by atoms with E-state index in [0.29, 0.717) is 39.0 Å². The van der Waals surface area contributed by atoms with Gasteiger partial charge < -0.3 is 9.80 Å². The number of hydrogen-bond acceptors (Lipinski definition) is 2. The molecule has 1 aliphatic rings. The van der Waals surface area contributed by atoms with Crippen LogP contribution in [0.4, 0.5) is 8.78 Å². The third-order valence-corrected chi connectivity index (χ3v) is 4.54. The molecular weight excluding hydrogens is 338 g/mol. The molecular formula is C20H20F2N2O2. The molecule has 1 saturated heterocycles. The lowest BCUT2D eigenvalue weighted by atomic mass is 10.1. The number of rotatable bonds is 4. The van der Waals surface area contributed by atoms with Gasteiger partial charge in [0.05, 0.1) is 5.56 Å². The van der Waals surface area contributed by atoms with Crippen LogP contribution in [0.15, 0.2) is 48.5 Å². The summed E-state index contributed by atoms with van der Waals surface area (Å²) in [6.07, 6.45) is 0.773. The SMILES string of the molecule is O=C(CCc1cccc(F)c1)N1CCN(C(=O)c2ccccc2F)CC1. The second kappa shape index (κ2) is 8.08. The quantitative estimate of drug-likeness (QED) is 0.843. The smallest absolute Gasteiger partial charge is 0.256 e. The summed E-state index contributed by atoms with van der Waals surface area (Å²) in [5, 5.41) is 0. The predicted octanol–water partition coefficient (Wildman–Crippen LogP) is 2.88. The molecule has 0 saturated carbocycles. The van der Waals surface area contributed by atoms with Gasteiger partial charge in [-0.25, -0.2) is 8.78 Å². The molecule has 4 nitrogen and oxygen atoms in total. The average Bonchev–Trinajstić information content (AvgIpc) is 2.66. The van der Waals surface area contributed by atoms with E-state index in [4.69, 9.17) is 0 Å². The molecule has 26 heavy (non-hydrogen) atoms. The van der Waals surface area contributed by atoms with E-state index >= 15 is 0 Å². The van der Waals surface area contributed by atoms with Gasteiger partial charge in [0, 0.05) is 32.6 Å². The maximum atomic E-state index is 13.8. The molecule has 0 N–H and O–H groups in total. The van der Waals surface area contributed by atoms with Crippen LogP contribution < -0.4 is 0 Å². The van der Waals surface area contributed by atoms with Crippen molar-refractivity contribution in [1.82, 2.24) is 9.80 Å². The molecule has 1 aliphatic heterocycles. The Hall–Kier alpha value is -2.76. The van der Waals surface area contributed by atoms with Gasteiger partial charge >= 0.3 is 0 Å². The van der Waals surface area contributed by atoms with Crippen molar-refractivity contribution in [3.8, 4) is 0 Å². The highest BCUT2D eigenvalue weighted by Gasteiger charge is 2.25. The fourth-order valence-electron chi connectivity index (χ4n) is 3.07. The van der Waals surface area contributed by atoms with Gasteiger partial charge in [0.1, 0.15) is 11.6 Å². The van der Waals surface area contributed by atoms with Crippen molar-refractivity contribution in [3.63, 3.8) is 0 Å². The minimum Gasteiger partial charge on any atom is -0.339 e. The predicted molar refractivity (Wildman–Crippen MR) is 93.6 cm³/mol. The summed E-state index contributed by atoms with van der Waals surface area (Å²) in [5.74, 6) is -1.22. The first-order chi connectivity index (χ1) is 12.5. The summed E-state index contributed by atoms with van der Waals surface area (Å²) in [4.78, 5) is 28.0. The van der Waals surface area contributed by atoms with Gasteiger partial charge in [0.25, 0.3) is 5.91 Å². The van der Waals surface area contributed by atoms with Gasteiger partial charge in [-0.05, 0) is 36.2 Å². The fraction of sp³-hybridized carbons (Fsp3) is 0.300. The van der Waals surface area contributed by atoms with Gasteiger partial charge in [-0.3, -0.25) is 9.59 Å². The summed E-state index contributed by atoms with van der Waals surface area (Å²) in [6, 6.07) is 12.1. The minimum atomic E-state index is -0.536. The number of amides is 2. The maximum absolute atomic E-state index is 13.8. The third-order valence-electron chi connectivity index (χ3n) is 4.54. The van der Waals surface area contributed by atoms with Gasteiger partial charge in [-0.1, -0.05) is 24.3 Å². The Balaban J connectivity index is 1.51. The highest BCUT2D eigenvalue weighted by atomic mass is 19.1. The molecule has 2 amide bonds. The van der Waals surface area contributed by atoms with E-state index < -0.39 is 5.82 Å². The van der Waals surface area contributed by atoms with E-state index in [1.54, 1.807) is 34.1 Å². The molecule has 2 aromatic carbocycles. The Bertz CT molecular complexity index is 802. The first-order valence-corrected chi connectivity index (χ1v) is 8.60. The van der Waals surface area contributed by atoms with Gasteiger partial charge in [0.15, 0.2) is 0 Å². The number of carbonyl (C=O) groups excluding carboxylic acids is 2. The molecule has 0 aliphatic carbocycles. The molecule has 3 rings (SSSR count). The Labute approximate surface area is 151 Å². The van der Waals surface area contributed by atoms with Crippen molar-refractivity contribution in [2.24, 2.45) is 0 Å². The van der Waals surface area contributed by atoms with Gasteiger partial charge in [-0.2, -0.15) is 0 Å². The van der Waals surface area contributed by atoms with Crippen LogP contribution in [-0.2, 0) is 11.2 Å². The normalized spacial score (nSPS) is 14.4. The Morgan fingerprint density at radius 2 is 1.58 bits per heavy atom. The van der Waals surface area contributed by atoms with E-state index in [1.807, 2.05) is 0 Å². The van der Waals surface area contributed by atoms with Crippen LogP contribution in [-0.4, -0.2) is 47.8 Å². The first kappa shape index (κ1) is 18.0. The molecule has 2 aromatic rings. The molecule has 136 valence electrons. The highest BCUT2D eigenvalue weighted by Crippen LogP contribution is 2.14. The molecule has 0 bridgehead atoms. The summed E-state index contributed by atoms with van der Waals surface area (Å²) in [5.41, 5.74) is 0.838. The monoisotopic (exact) mass is 358 g/mol. The molecule has 1 heterocycles. The lowest BCUT2D eigenvalue weighted by molar-refractivity contribution is -0.132. The van der Waals surface area contributed by atoms with Crippen molar-refractivity contribution < 1.29 is 18.4 Å². The zero-order valence-corrected chi connectivity index (χ0v) is 14.3. The van der Waals surface area contributed by atoms with Gasteiger partial charge in [-0.15, -0.1) is 0 Å². The average molecular weight is 358 g/mol. The van der Waals surface area contributed by atoms with Crippen molar-refractivity contribution >= 4 is 11.8 Å². The highest BCUT2D eigenvalue weighted by molar-refractivity contribution is 5.94. The maximum Gasteiger partial charge on any atom is 0.256 e. The van der Waals surface area contributed by atoms with Crippen LogP contribution in [0, 0.1) is 11.6 Å². The van der Waals surface area contributed by atoms with Crippen LogP contribution >= 0.6 is 0 Å². The molecule has 1 fully saturated rings. The van der Waals surface area contributed by atoms with E-state index in [1.165, 1.54) is 24.3 Å². The fourth-order valence-corrected chi connectivity index (χ4v) is 3.07. The summed E-state index contributed by atoms with van der Waals surface area (Å²) < 4.78 is 26.9. The summed E-state index contributed by atoms with van der Waals surface area (Å²) in [6.45, 7) is 1.59. The van der Waals surface area contributed by atoms with Crippen molar-refractivity contribution in [1.29, 1.82) is 0 Å². The van der Waals surface area contributed by atoms with Crippen LogP contribution in [0.2, 0.25) is 0 Å². The number of benzene rings is 2. The van der Waals surface area contributed by atoms with Crippen molar-refractivity contribution in [2.75, 3.05) is 26.2 Å². The van der Waals surface area contributed by atoms with E-state index in [-0.39, 0.29) is 23.2 Å². The summed E-state index contributed by atoms with van der Waals surface area (Å²) in [7, 11) is 0. The molecule has 0 spiro atoms. The third kappa shape index (κ3) is 4.25. The van der Waals surface area contributed by atoms with Crippen LogP contribution in [0.5, 0.6) is 0 Å². The molecule has 0 aromatic heterocycles. The van der Waals surface area contributed by atoms with Crippen molar-refractivity contribution in [3.05, 3.63) is 71.3 Å². The van der Waals surface area contributed by atoms with Crippen LogP contribution in [0.25, 0.3) is 0 Å². The standard InChI is InChI=1S/C20H20F2N2O2/c21-16-5-3-4-15(14-16)8-9-19(25)23-10-12-24(13-11-23)20(26)17-6-1-2-7-18(17)22/h1-7,14H,8-13H2. The second-order valence-electron chi connectivity index (χ2n) is 6.28. The lowest BCUT2D eigenvalue weighted by Gasteiger charge is -2.35. The van der Waals surface area contributed by atoms with Gasteiger partial charge in [0.2, 0.25) is 5.91 Å². The van der Waals surface area contributed by atoms with E-state index in [9.17, 15) is 18.4 Å². The number of nitrogens with zero attached hydrogens (tertiary/aromatic N) is 2. The Morgan fingerprint density at radius 1 is 0.885 bits per heavy atom. The lowest BCUT2D eigenvalue weighted by Crippen LogP contribution is -2.50. The van der Waals surface area contributed by atoms with Crippen molar-refractivity contribution in [2.45, 2.75) is 12.8 Å².